The number of rotatable bonds is 3. The van der Waals surface area contributed by atoms with Crippen molar-refractivity contribution >= 4 is 43.0 Å². The van der Waals surface area contributed by atoms with Crippen LogP contribution in [0.1, 0.15) is 0 Å². The molecule has 0 fully saturated rings. The van der Waals surface area contributed by atoms with Gasteiger partial charge in [-0.15, -0.1) is 0 Å². The third kappa shape index (κ3) is 4.58. The van der Waals surface area contributed by atoms with Gasteiger partial charge in [-0.05, 0) is 0 Å². The standard InChI is InChI=1S/C18H15Te.CHNS/c1-4-10-16(11-5-1)19(17-12-6-2-7-13-17)18-14-8-3-9-15-18;2-1-3/h1-15H;3H/q+1;/p-1. The zero-order valence-electron chi connectivity index (χ0n) is 11.9. The van der Waals surface area contributed by atoms with Gasteiger partial charge in [0, 0.05) is 0 Å². The van der Waals surface area contributed by atoms with Crippen molar-refractivity contribution in [1.82, 2.24) is 0 Å². The average molecular weight is 417 g/mol. The second kappa shape index (κ2) is 9.23. The van der Waals surface area contributed by atoms with Crippen LogP contribution in [0.25, 0.3) is 0 Å². The van der Waals surface area contributed by atoms with E-state index in [2.05, 4.69) is 104 Å². The maximum atomic E-state index is 7.13. The molecule has 0 saturated heterocycles. The summed E-state index contributed by atoms with van der Waals surface area (Å²) in [5.41, 5.74) is 0. The molecule has 3 rings (SSSR count). The summed E-state index contributed by atoms with van der Waals surface area (Å²) in [6, 6.07) is 32.8. The molecule has 3 heteroatoms. The molecule has 0 spiro atoms. The van der Waals surface area contributed by atoms with Crippen molar-refractivity contribution in [2.24, 2.45) is 0 Å². The molecular formula is C19H15NSTe. The zero-order valence-corrected chi connectivity index (χ0v) is 15.1. The number of benzene rings is 3. The molecule has 0 saturated carbocycles. The molecule has 0 aliphatic carbocycles. The normalized spacial score (nSPS) is 9.45. The van der Waals surface area contributed by atoms with Crippen LogP contribution in [-0.4, -0.2) is 19.6 Å². The fraction of sp³-hybridized carbons (Fsp3) is 0. The molecule has 3 aromatic carbocycles. The Kier molecular flexibility index (Phi) is 6.94. The van der Waals surface area contributed by atoms with Crippen LogP contribution in [0, 0.1) is 10.7 Å². The van der Waals surface area contributed by atoms with Gasteiger partial charge in [0.2, 0.25) is 0 Å². The van der Waals surface area contributed by atoms with Crippen LogP contribution in [0.3, 0.4) is 0 Å². The summed E-state index contributed by atoms with van der Waals surface area (Å²) in [5.74, 6) is 0. The van der Waals surface area contributed by atoms with Gasteiger partial charge < -0.3 is 12.6 Å². The van der Waals surface area contributed by atoms with Crippen molar-refractivity contribution < 1.29 is 0 Å². The van der Waals surface area contributed by atoms with E-state index in [1.807, 2.05) is 0 Å². The van der Waals surface area contributed by atoms with Gasteiger partial charge in [-0.2, -0.15) is 0 Å². The van der Waals surface area contributed by atoms with Gasteiger partial charge in [-0.25, -0.2) is 5.26 Å². The zero-order chi connectivity index (χ0) is 15.6. The van der Waals surface area contributed by atoms with E-state index in [0.29, 0.717) is 0 Å². The van der Waals surface area contributed by atoms with Crippen molar-refractivity contribution in [3.8, 4) is 5.40 Å². The van der Waals surface area contributed by atoms with Crippen LogP contribution >= 0.6 is 0 Å². The summed E-state index contributed by atoms with van der Waals surface area (Å²) in [6.45, 7) is 0. The van der Waals surface area contributed by atoms with E-state index < -0.39 is 19.6 Å². The monoisotopic (exact) mass is 419 g/mol. The Hall–Kier alpha value is -1.84. The summed E-state index contributed by atoms with van der Waals surface area (Å²) < 4.78 is 4.51. The number of thiocyanates is 1. The van der Waals surface area contributed by atoms with E-state index in [0.717, 1.165) is 0 Å². The van der Waals surface area contributed by atoms with Crippen molar-refractivity contribution in [1.29, 1.82) is 5.26 Å². The van der Waals surface area contributed by atoms with Gasteiger partial charge in [0.05, 0.1) is 0 Å². The number of nitrogens with zero attached hydrogens (tertiary/aromatic N) is 1. The number of hydrogen-bond donors (Lipinski definition) is 0. The predicted molar refractivity (Wildman–Crippen MR) is 97.0 cm³/mol. The molecule has 22 heavy (non-hydrogen) atoms. The summed E-state index contributed by atoms with van der Waals surface area (Å²) in [7, 11) is 0. The molecule has 0 N–H and O–H groups in total. The Morgan fingerprint density at radius 2 is 0.818 bits per heavy atom. The van der Waals surface area contributed by atoms with Crippen LogP contribution in [-0.2, 0) is 12.6 Å². The van der Waals surface area contributed by atoms with Crippen molar-refractivity contribution in [3.63, 3.8) is 0 Å². The van der Waals surface area contributed by atoms with Crippen molar-refractivity contribution in [3.05, 3.63) is 91.0 Å². The van der Waals surface area contributed by atoms with Crippen LogP contribution in [0.4, 0.5) is 0 Å². The SMILES string of the molecule is N#C[S-].c1ccc([Te+](c2ccccc2)c2ccccc2)cc1. The predicted octanol–water partition coefficient (Wildman–Crippen LogP) is 2.22. The van der Waals surface area contributed by atoms with Crippen molar-refractivity contribution in [2.45, 2.75) is 0 Å². The van der Waals surface area contributed by atoms with E-state index in [1.54, 1.807) is 0 Å². The van der Waals surface area contributed by atoms with Gasteiger partial charge in [0.15, 0.2) is 0 Å². The molecule has 0 aliphatic rings. The third-order valence-corrected chi connectivity index (χ3v) is 9.30. The quantitative estimate of drug-likeness (QED) is 0.371. The first kappa shape index (κ1) is 16.5. The number of nitriles is 1. The summed E-state index contributed by atoms with van der Waals surface area (Å²) in [4.78, 5) is 0. The third-order valence-electron chi connectivity index (χ3n) is 2.94. The first-order valence-corrected chi connectivity index (χ1v) is 10.7. The molecule has 0 aromatic heterocycles. The van der Waals surface area contributed by atoms with Crippen molar-refractivity contribution in [2.75, 3.05) is 0 Å². The van der Waals surface area contributed by atoms with Gasteiger partial charge in [0.1, 0.15) is 0 Å². The fourth-order valence-electron chi connectivity index (χ4n) is 2.08. The molecule has 0 aliphatic heterocycles. The molecule has 0 bridgehead atoms. The maximum absolute atomic E-state index is 7.13. The van der Waals surface area contributed by atoms with Gasteiger partial charge in [0.25, 0.3) is 0 Å². The van der Waals surface area contributed by atoms with E-state index in [-0.39, 0.29) is 0 Å². The molecular weight excluding hydrogens is 402 g/mol. The van der Waals surface area contributed by atoms with E-state index >= 15 is 0 Å². The van der Waals surface area contributed by atoms with Crippen LogP contribution in [0.2, 0.25) is 0 Å². The first-order valence-electron chi connectivity index (χ1n) is 6.77. The van der Waals surface area contributed by atoms with Crippen LogP contribution in [0.15, 0.2) is 91.0 Å². The Morgan fingerprint density at radius 3 is 1.05 bits per heavy atom. The van der Waals surface area contributed by atoms with E-state index in [9.17, 15) is 0 Å². The van der Waals surface area contributed by atoms with Gasteiger partial charge in [-0.1, -0.05) is 5.40 Å². The fourth-order valence-corrected chi connectivity index (χ4v) is 8.08. The molecule has 0 radical (unpaired) electrons. The van der Waals surface area contributed by atoms with Crippen LogP contribution < -0.4 is 10.8 Å². The second-order valence-electron chi connectivity index (χ2n) is 4.34. The topological polar surface area (TPSA) is 23.8 Å². The molecule has 0 atom stereocenters. The van der Waals surface area contributed by atoms with E-state index in [1.165, 1.54) is 16.2 Å². The summed E-state index contributed by atoms with van der Waals surface area (Å²) in [6.07, 6.45) is 0. The second-order valence-corrected chi connectivity index (χ2v) is 10.3. The Bertz CT molecular complexity index is 615. The minimum absolute atomic E-state index is 1.33. The molecule has 1 nitrogen and oxygen atoms in total. The molecule has 3 aromatic rings. The Morgan fingerprint density at radius 1 is 0.591 bits per heavy atom. The summed E-state index contributed by atoms with van der Waals surface area (Å²) >= 11 is 2.03. The molecule has 0 unspecified atom stereocenters. The van der Waals surface area contributed by atoms with Gasteiger partial charge >= 0.3 is 121 Å². The first-order chi connectivity index (χ1) is 10.9. The number of hydrogen-bond acceptors (Lipinski definition) is 2. The average Bonchev–Trinajstić information content (AvgIpc) is 2.59. The minimum atomic E-state index is -1.67. The molecule has 0 heterocycles. The Balaban J connectivity index is 0.000000545. The van der Waals surface area contributed by atoms with E-state index in [4.69, 9.17) is 5.26 Å². The molecule has 108 valence electrons. The van der Waals surface area contributed by atoms with Crippen LogP contribution in [0.5, 0.6) is 0 Å². The van der Waals surface area contributed by atoms with Gasteiger partial charge in [-0.3, -0.25) is 0 Å². The summed E-state index contributed by atoms with van der Waals surface area (Å²) in [5, 5.41) is 8.47. The molecule has 0 amide bonds. The Labute approximate surface area is 144 Å².